The topological polar surface area (TPSA) is 65.7 Å². The molecule has 2 aromatic rings. The van der Waals surface area contributed by atoms with Gasteiger partial charge in [0.15, 0.2) is 0 Å². The molecule has 6 heteroatoms. The molecule has 5 nitrogen and oxygen atoms in total. The minimum atomic E-state index is -0.728. The van der Waals surface area contributed by atoms with E-state index in [9.17, 15) is 9.59 Å². The first-order valence-electron chi connectivity index (χ1n) is 7.17. The van der Waals surface area contributed by atoms with Gasteiger partial charge in [-0.05, 0) is 37.6 Å². The van der Waals surface area contributed by atoms with Gasteiger partial charge in [0.2, 0.25) is 0 Å². The fraction of sp³-hybridized carbons (Fsp3) is 0.294. The molecule has 0 N–H and O–H groups in total. The van der Waals surface area contributed by atoms with E-state index in [0.717, 1.165) is 4.47 Å². The van der Waals surface area contributed by atoms with E-state index in [-0.39, 0.29) is 13.0 Å². The molecule has 0 aliphatic carbocycles. The van der Waals surface area contributed by atoms with Crippen molar-refractivity contribution in [1.29, 1.82) is 0 Å². The number of carbonyl (C=O) groups excluding carboxylic acids is 2. The second-order valence-corrected chi connectivity index (χ2v) is 5.76. The summed E-state index contributed by atoms with van der Waals surface area (Å²) in [5.74, 6) is -0.487. The van der Waals surface area contributed by atoms with Gasteiger partial charge in [0.1, 0.15) is 17.4 Å². The lowest BCUT2D eigenvalue weighted by atomic mass is 10.1. The zero-order valence-corrected chi connectivity index (χ0v) is 14.5. The van der Waals surface area contributed by atoms with Crippen molar-refractivity contribution >= 4 is 27.9 Å². The Morgan fingerprint density at radius 2 is 2.09 bits per heavy atom. The molecule has 0 radical (unpaired) electrons. The van der Waals surface area contributed by atoms with Crippen LogP contribution < -0.4 is 0 Å². The Morgan fingerprint density at radius 3 is 2.70 bits per heavy atom. The third kappa shape index (κ3) is 4.69. The number of halogens is 1. The zero-order chi connectivity index (χ0) is 16.8. The summed E-state index contributed by atoms with van der Waals surface area (Å²) in [4.78, 5) is 24.1. The van der Waals surface area contributed by atoms with Crippen molar-refractivity contribution in [3.05, 3.63) is 58.0 Å². The van der Waals surface area contributed by atoms with E-state index < -0.39 is 18.0 Å². The molecule has 1 unspecified atom stereocenters. The van der Waals surface area contributed by atoms with Crippen LogP contribution in [0, 0.1) is 6.92 Å². The number of benzene rings is 1. The normalized spacial score (nSPS) is 11.8. The van der Waals surface area contributed by atoms with Gasteiger partial charge in [0.05, 0.1) is 19.3 Å². The smallest absolute Gasteiger partial charge is 0.342 e. The predicted octanol–water partition coefficient (Wildman–Crippen LogP) is 4.20. The third-order valence-corrected chi connectivity index (χ3v) is 3.70. The van der Waals surface area contributed by atoms with Crippen LogP contribution in [0.4, 0.5) is 0 Å². The first-order chi connectivity index (χ1) is 11.0. The van der Waals surface area contributed by atoms with Crippen molar-refractivity contribution in [2.75, 3.05) is 6.61 Å². The maximum atomic E-state index is 12.3. The van der Waals surface area contributed by atoms with E-state index in [1.54, 1.807) is 32.0 Å². The summed E-state index contributed by atoms with van der Waals surface area (Å²) in [6.45, 7) is 3.68. The summed E-state index contributed by atoms with van der Waals surface area (Å²) in [5.41, 5.74) is 1.05. The largest absolute Gasteiger partial charge is 0.469 e. The van der Waals surface area contributed by atoms with Crippen molar-refractivity contribution in [3.8, 4) is 0 Å². The van der Waals surface area contributed by atoms with Crippen LogP contribution in [0.15, 0.2) is 45.5 Å². The number of aryl methyl sites for hydroxylation is 1. The van der Waals surface area contributed by atoms with E-state index in [1.807, 2.05) is 12.1 Å². The Kier molecular flexibility index (Phi) is 5.98. The first kappa shape index (κ1) is 17.3. The summed E-state index contributed by atoms with van der Waals surface area (Å²) in [7, 11) is 0. The first-order valence-corrected chi connectivity index (χ1v) is 7.96. The summed E-state index contributed by atoms with van der Waals surface area (Å²) < 4.78 is 16.4. The number of rotatable bonds is 6. The minimum absolute atomic E-state index is 0.0487. The van der Waals surface area contributed by atoms with Gasteiger partial charge in [-0.1, -0.05) is 28.1 Å². The molecule has 0 spiro atoms. The fourth-order valence-electron chi connectivity index (χ4n) is 2.10. The number of carbonyl (C=O) groups is 2. The van der Waals surface area contributed by atoms with Gasteiger partial charge in [-0.15, -0.1) is 0 Å². The van der Waals surface area contributed by atoms with E-state index in [1.165, 1.54) is 6.26 Å². The van der Waals surface area contributed by atoms with E-state index in [4.69, 9.17) is 13.9 Å². The summed E-state index contributed by atoms with van der Waals surface area (Å²) in [5, 5.41) is 0. The molecule has 1 atom stereocenters. The lowest BCUT2D eigenvalue weighted by molar-refractivity contribution is -0.145. The lowest BCUT2D eigenvalue weighted by Gasteiger charge is -2.18. The van der Waals surface area contributed by atoms with E-state index in [0.29, 0.717) is 16.9 Å². The maximum Gasteiger partial charge on any atom is 0.342 e. The van der Waals surface area contributed by atoms with Crippen LogP contribution in [0.2, 0.25) is 0 Å². The van der Waals surface area contributed by atoms with Gasteiger partial charge in [-0.2, -0.15) is 0 Å². The fourth-order valence-corrected chi connectivity index (χ4v) is 2.51. The van der Waals surface area contributed by atoms with Crippen molar-refractivity contribution in [1.82, 2.24) is 0 Å². The van der Waals surface area contributed by atoms with Crippen molar-refractivity contribution < 1.29 is 23.5 Å². The Balaban J connectivity index is 2.21. The monoisotopic (exact) mass is 380 g/mol. The van der Waals surface area contributed by atoms with Crippen LogP contribution in [-0.4, -0.2) is 18.5 Å². The molecule has 0 bridgehead atoms. The second kappa shape index (κ2) is 7.97. The van der Waals surface area contributed by atoms with Gasteiger partial charge >= 0.3 is 11.9 Å². The molecule has 0 saturated heterocycles. The van der Waals surface area contributed by atoms with Crippen LogP contribution in [-0.2, 0) is 14.3 Å². The van der Waals surface area contributed by atoms with Crippen molar-refractivity contribution in [2.24, 2.45) is 0 Å². The van der Waals surface area contributed by atoms with Gasteiger partial charge in [0.25, 0.3) is 0 Å². The summed E-state index contributed by atoms with van der Waals surface area (Å²) >= 11 is 3.37. The lowest BCUT2D eigenvalue weighted by Crippen LogP contribution is -2.17. The Bertz CT molecular complexity index is 692. The van der Waals surface area contributed by atoms with Crippen LogP contribution in [0.25, 0.3) is 0 Å². The number of hydrogen-bond donors (Lipinski definition) is 0. The summed E-state index contributed by atoms with van der Waals surface area (Å²) in [6, 6.07) is 8.81. The highest BCUT2D eigenvalue weighted by Gasteiger charge is 2.24. The Hall–Kier alpha value is -2.08. The maximum absolute atomic E-state index is 12.3. The van der Waals surface area contributed by atoms with Gasteiger partial charge in [0, 0.05) is 4.47 Å². The molecule has 0 aliphatic rings. The molecule has 0 aliphatic heterocycles. The molecule has 0 amide bonds. The zero-order valence-electron chi connectivity index (χ0n) is 12.9. The number of furan rings is 1. The van der Waals surface area contributed by atoms with E-state index >= 15 is 0 Å². The van der Waals surface area contributed by atoms with Gasteiger partial charge in [-0.3, -0.25) is 4.79 Å². The second-order valence-electron chi connectivity index (χ2n) is 4.85. The van der Waals surface area contributed by atoms with Crippen molar-refractivity contribution in [3.63, 3.8) is 0 Å². The van der Waals surface area contributed by atoms with Gasteiger partial charge < -0.3 is 13.9 Å². The highest BCUT2D eigenvalue weighted by atomic mass is 79.9. The molecular weight excluding hydrogens is 364 g/mol. The predicted molar refractivity (Wildman–Crippen MR) is 87.0 cm³/mol. The highest BCUT2D eigenvalue weighted by Crippen LogP contribution is 2.26. The molecule has 0 saturated carbocycles. The highest BCUT2D eigenvalue weighted by molar-refractivity contribution is 9.10. The molecule has 1 aromatic heterocycles. The SMILES string of the molecule is CCOC(=O)CC(OC(=O)c1ccoc1C)c1cccc(Br)c1. The Labute approximate surface area is 142 Å². The third-order valence-electron chi connectivity index (χ3n) is 3.21. The van der Waals surface area contributed by atoms with Crippen LogP contribution in [0.3, 0.4) is 0 Å². The van der Waals surface area contributed by atoms with Crippen molar-refractivity contribution in [2.45, 2.75) is 26.4 Å². The number of hydrogen-bond acceptors (Lipinski definition) is 5. The number of esters is 2. The standard InChI is InChI=1S/C17H17BrO5/c1-3-21-16(19)10-15(12-5-4-6-13(18)9-12)23-17(20)14-7-8-22-11(14)2/h4-9,15H,3,10H2,1-2H3. The average Bonchev–Trinajstić information content (AvgIpc) is 2.93. The Morgan fingerprint density at radius 1 is 1.30 bits per heavy atom. The molecule has 2 rings (SSSR count). The molecular formula is C17H17BrO5. The summed E-state index contributed by atoms with van der Waals surface area (Å²) in [6.07, 6.45) is 0.645. The van der Waals surface area contributed by atoms with Crippen LogP contribution >= 0.6 is 15.9 Å². The molecule has 122 valence electrons. The number of ether oxygens (including phenoxy) is 2. The molecule has 1 aromatic carbocycles. The molecule has 23 heavy (non-hydrogen) atoms. The quantitative estimate of drug-likeness (QED) is 0.702. The molecule has 1 heterocycles. The molecule has 0 fully saturated rings. The van der Waals surface area contributed by atoms with Gasteiger partial charge in [-0.25, -0.2) is 4.79 Å². The van der Waals surface area contributed by atoms with Crippen LogP contribution in [0.5, 0.6) is 0 Å². The minimum Gasteiger partial charge on any atom is -0.469 e. The average molecular weight is 381 g/mol. The van der Waals surface area contributed by atoms with Crippen LogP contribution in [0.1, 0.15) is 41.1 Å². The van der Waals surface area contributed by atoms with E-state index in [2.05, 4.69) is 15.9 Å².